The van der Waals surface area contributed by atoms with Crippen molar-refractivity contribution in [1.29, 1.82) is 0 Å². The highest BCUT2D eigenvalue weighted by atomic mass is 16.5. The number of carbonyl (C=O) groups is 1. The second kappa shape index (κ2) is 6.79. The van der Waals surface area contributed by atoms with Crippen LogP contribution in [0.4, 0.5) is 5.69 Å². The zero-order chi connectivity index (χ0) is 16.1. The van der Waals surface area contributed by atoms with E-state index in [2.05, 4.69) is 10.3 Å². The van der Waals surface area contributed by atoms with E-state index in [0.717, 1.165) is 5.56 Å². The fourth-order valence-electron chi connectivity index (χ4n) is 2.21. The molecule has 0 spiro atoms. The van der Waals surface area contributed by atoms with Crippen LogP contribution in [0.25, 0.3) is 11.3 Å². The van der Waals surface area contributed by atoms with E-state index >= 15 is 0 Å². The highest BCUT2D eigenvalue weighted by Gasteiger charge is 2.12. The van der Waals surface area contributed by atoms with E-state index in [4.69, 9.17) is 9.15 Å². The molecule has 5 nitrogen and oxygen atoms in total. The first-order valence-electron chi connectivity index (χ1n) is 7.30. The number of nitrogens with one attached hydrogen (secondary N) is 1. The van der Waals surface area contributed by atoms with Gasteiger partial charge >= 0.3 is 0 Å². The van der Waals surface area contributed by atoms with E-state index in [-0.39, 0.29) is 5.91 Å². The largest absolute Gasteiger partial charge is 0.493 e. The molecule has 2 aromatic carbocycles. The SMILES string of the molecule is CCOc1ccccc1C(=O)Nc1ccc(-c2cnco2)cc1. The molecule has 5 heteroatoms. The zero-order valence-corrected chi connectivity index (χ0v) is 12.7. The molecular weight excluding hydrogens is 292 g/mol. The van der Waals surface area contributed by atoms with Crippen molar-refractivity contribution >= 4 is 11.6 Å². The topological polar surface area (TPSA) is 64.4 Å². The number of hydrogen-bond donors (Lipinski definition) is 1. The standard InChI is InChI=1S/C18H16N2O3/c1-2-22-16-6-4-3-5-15(16)18(21)20-14-9-7-13(8-10-14)17-11-19-12-23-17/h3-12H,2H2,1H3,(H,20,21). The third kappa shape index (κ3) is 3.40. The summed E-state index contributed by atoms with van der Waals surface area (Å²) in [6.45, 7) is 2.40. The number of amides is 1. The first-order valence-corrected chi connectivity index (χ1v) is 7.30. The van der Waals surface area contributed by atoms with E-state index in [1.807, 2.05) is 43.3 Å². The average Bonchev–Trinajstić information content (AvgIpc) is 3.11. The molecule has 0 bridgehead atoms. The van der Waals surface area contributed by atoms with Crippen LogP contribution in [-0.2, 0) is 0 Å². The van der Waals surface area contributed by atoms with Gasteiger partial charge in [0, 0.05) is 11.3 Å². The van der Waals surface area contributed by atoms with Gasteiger partial charge in [-0.3, -0.25) is 4.79 Å². The number of oxazole rings is 1. The number of anilines is 1. The van der Waals surface area contributed by atoms with Gasteiger partial charge in [-0.25, -0.2) is 4.98 Å². The Kier molecular flexibility index (Phi) is 4.38. The van der Waals surface area contributed by atoms with Crippen LogP contribution in [0.5, 0.6) is 5.75 Å². The summed E-state index contributed by atoms with van der Waals surface area (Å²) in [5.41, 5.74) is 2.11. The van der Waals surface area contributed by atoms with E-state index in [0.29, 0.717) is 29.4 Å². The van der Waals surface area contributed by atoms with Crippen molar-refractivity contribution in [1.82, 2.24) is 4.98 Å². The van der Waals surface area contributed by atoms with Crippen LogP contribution in [0.3, 0.4) is 0 Å². The zero-order valence-electron chi connectivity index (χ0n) is 12.7. The summed E-state index contributed by atoms with van der Waals surface area (Å²) in [6, 6.07) is 14.5. The van der Waals surface area contributed by atoms with Crippen molar-refractivity contribution in [2.45, 2.75) is 6.92 Å². The van der Waals surface area contributed by atoms with Crippen LogP contribution in [-0.4, -0.2) is 17.5 Å². The minimum absolute atomic E-state index is 0.207. The maximum absolute atomic E-state index is 12.4. The van der Waals surface area contributed by atoms with E-state index in [1.54, 1.807) is 18.3 Å². The van der Waals surface area contributed by atoms with Crippen LogP contribution in [0.2, 0.25) is 0 Å². The Hall–Kier alpha value is -3.08. The predicted molar refractivity (Wildman–Crippen MR) is 87.5 cm³/mol. The number of carbonyl (C=O) groups excluding carboxylic acids is 1. The number of hydrogen-bond acceptors (Lipinski definition) is 4. The molecule has 0 unspecified atom stereocenters. The molecule has 23 heavy (non-hydrogen) atoms. The number of benzene rings is 2. The van der Waals surface area contributed by atoms with Gasteiger partial charge in [0.05, 0.1) is 18.4 Å². The minimum atomic E-state index is -0.207. The maximum Gasteiger partial charge on any atom is 0.259 e. The monoisotopic (exact) mass is 308 g/mol. The normalized spacial score (nSPS) is 10.3. The van der Waals surface area contributed by atoms with Crippen LogP contribution in [0, 0.1) is 0 Å². The predicted octanol–water partition coefficient (Wildman–Crippen LogP) is 3.99. The fourth-order valence-corrected chi connectivity index (χ4v) is 2.21. The molecule has 0 radical (unpaired) electrons. The summed E-state index contributed by atoms with van der Waals surface area (Å²) in [5, 5.41) is 2.86. The number of nitrogens with zero attached hydrogens (tertiary/aromatic N) is 1. The van der Waals surface area contributed by atoms with Crippen LogP contribution < -0.4 is 10.1 Å². The Morgan fingerprint density at radius 2 is 1.96 bits per heavy atom. The van der Waals surface area contributed by atoms with Gasteiger partial charge in [-0.2, -0.15) is 0 Å². The van der Waals surface area contributed by atoms with Crippen molar-refractivity contribution in [3.05, 3.63) is 66.7 Å². The van der Waals surface area contributed by atoms with Crippen molar-refractivity contribution in [3.8, 4) is 17.1 Å². The lowest BCUT2D eigenvalue weighted by Crippen LogP contribution is -2.13. The lowest BCUT2D eigenvalue weighted by molar-refractivity contribution is 0.102. The molecule has 1 amide bonds. The third-order valence-corrected chi connectivity index (χ3v) is 3.29. The molecule has 0 aliphatic rings. The molecule has 0 aliphatic heterocycles. The van der Waals surface area contributed by atoms with Gasteiger partial charge in [0.1, 0.15) is 5.75 Å². The van der Waals surface area contributed by atoms with Gasteiger partial charge in [0.2, 0.25) is 0 Å². The second-order valence-corrected chi connectivity index (χ2v) is 4.83. The maximum atomic E-state index is 12.4. The van der Waals surface area contributed by atoms with Gasteiger partial charge in [-0.15, -0.1) is 0 Å². The lowest BCUT2D eigenvalue weighted by Gasteiger charge is -2.10. The second-order valence-electron chi connectivity index (χ2n) is 4.83. The number of aromatic nitrogens is 1. The summed E-state index contributed by atoms with van der Waals surface area (Å²) in [6.07, 6.45) is 3.03. The molecule has 3 aromatic rings. The minimum Gasteiger partial charge on any atom is -0.493 e. The van der Waals surface area contributed by atoms with Crippen molar-refractivity contribution in [2.75, 3.05) is 11.9 Å². The van der Waals surface area contributed by atoms with E-state index in [1.165, 1.54) is 6.39 Å². The number of para-hydroxylation sites is 1. The van der Waals surface area contributed by atoms with Gasteiger partial charge in [-0.05, 0) is 43.3 Å². The van der Waals surface area contributed by atoms with Gasteiger partial charge < -0.3 is 14.5 Å². The molecule has 3 rings (SSSR count). The Morgan fingerprint density at radius 1 is 1.17 bits per heavy atom. The number of rotatable bonds is 5. The van der Waals surface area contributed by atoms with Crippen LogP contribution in [0.1, 0.15) is 17.3 Å². The molecule has 1 aromatic heterocycles. The molecule has 0 saturated carbocycles. The quantitative estimate of drug-likeness (QED) is 0.774. The van der Waals surface area contributed by atoms with Gasteiger partial charge in [0.15, 0.2) is 12.2 Å². The highest BCUT2D eigenvalue weighted by molar-refractivity contribution is 6.06. The molecule has 116 valence electrons. The van der Waals surface area contributed by atoms with E-state index in [9.17, 15) is 4.79 Å². The Bertz CT molecular complexity index is 780. The molecule has 0 fully saturated rings. The molecule has 0 atom stereocenters. The summed E-state index contributed by atoms with van der Waals surface area (Å²) in [4.78, 5) is 16.3. The van der Waals surface area contributed by atoms with Crippen molar-refractivity contribution < 1.29 is 13.9 Å². The molecule has 1 N–H and O–H groups in total. The Balaban J connectivity index is 1.75. The molecule has 0 saturated heterocycles. The Labute approximate surface area is 133 Å². The van der Waals surface area contributed by atoms with Crippen molar-refractivity contribution in [3.63, 3.8) is 0 Å². The molecule has 0 aliphatic carbocycles. The fraction of sp³-hybridized carbons (Fsp3) is 0.111. The lowest BCUT2D eigenvalue weighted by atomic mass is 10.1. The van der Waals surface area contributed by atoms with Crippen LogP contribution in [0.15, 0.2) is 65.5 Å². The summed E-state index contributed by atoms with van der Waals surface area (Å²) < 4.78 is 10.7. The van der Waals surface area contributed by atoms with Gasteiger partial charge in [0.25, 0.3) is 5.91 Å². The number of ether oxygens (including phenoxy) is 1. The summed E-state index contributed by atoms with van der Waals surface area (Å²) in [5.74, 6) is 1.05. The van der Waals surface area contributed by atoms with Crippen molar-refractivity contribution in [2.24, 2.45) is 0 Å². The average molecular weight is 308 g/mol. The smallest absolute Gasteiger partial charge is 0.259 e. The third-order valence-electron chi connectivity index (χ3n) is 3.29. The first-order chi connectivity index (χ1) is 11.3. The van der Waals surface area contributed by atoms with Gasteiger partial charge in [-0.1, -0.05) is 12.1 Å². The summed E-state index contributed by atoms with van der Waals surface area (Å²) >= 11 is 0. The van der Waals surface area contributed by atoms with E-state index < -0.39 is 0 Å². The van der Waals surface area contributed by atoms with Crippen LogP contribution >= 0.6 is 0 Å². The summed E-state index contributed by atoms with van der Waals surface area (Å²) in [7, 11) is 0. The highest BCUT2D eigenvalue weighted by Crippen LogP contribution is 2.23. The molecule has 1 heterocycles. The Morgan fingerprint density at radius 3 is 2.65 bits per heavy atom. The first kappa shape index (κ1) is 14.8. The molecular formula is C18H16N2O3.